The van der Waals surface area contributed by atoms with Gasteiger partial charge in [0.15, 0.2) is 5.82 Å². The molecule has 0 unspecified atom stereocenters. The molecule has 1 saturated carbocycles. The average molecular weight is 566 g/mol. The van der Waals surface area contributed by atoms with Gasteiger partial charge in [-0.15, -0.1) is 0 Å². The lowest BCUT2D eigenvalue weighted by molar-refractivity contribution is -0.123. The van der Waals surface area contributed by atoms with Crippen LogP contribution in [0.4, 0.5) is 5.69 Å². The van der Waals surface area contributed by atoms with Crippen LogP contribution in [-0.4, -0.2) is 55.3 Å². The summed E-state index contributed by atoms with van der Waals surface area (Å²) in [7, 11) is -3.34. The van der Waals surface area contributed by atoms with Crippen LogP contribution >= 0.6 is 0 Å². The molecule has 1 saturated heterocycles. The Kier molecular flexibility index (Phi) is 9.16. The van der Waals surface area contributed by atoms with Gasteiger partial charge in [-0.05, 0) is 74.4 Å². The lowest BCUT2D eigenvalue weighted by atomic mass is 9.83. The van der Waals surface area contributed by atoms with Gasteiger partial charge in [-0.2, -0.15) is 4.98 Å². The summed E-state index contributed by atoms with van der Waals surface area (Å²) in [6, 6.07) is 17.5. The van der Waals surface area contributed by atoms with Crippen LogP contribution in [0.3, 0.4) is 0 Å². The highest BCUT2D eigenvalue weighted by atomic mass is 32.2. The number of aromatic nitrogens is 2. The molecule has 2 fully saturated rings. The van der Waals surface area contributed by atoms with E-state index in [4.69, 9.17) is 4.52 Å². The molecule has 1 atom stereocenters. The molecule has 5 rings (SSSR count). The molecule has 1 aliphatic heterocycles. The number of carbonyl (C=O) groups excluding carboxylic acids is 1. The fraction of sp³-hybridized carbons (Fsp3) is 0.500. The summed E-state index contributed by atoms with van der Waals surface area (Å²) in [6.45, 7) is 2.81. The molecule has 2 aliphatic rings. The molecule has 2 aromatic carbocycles. The van der Waals surface area contributed by atoms with Crippen LogP contribution in [0.15, 0.2) is 59.1 Å². The normalized spacial score (nSPS) is 17.7. The van der Waals surface area contributed by atoms with Crippen molar-refractivity contribution in [3.05, 3.63) is 77.4 Å². The van der Waals surface area contributed by atoms with Crippen LogP contribution in [0.5, 0.6) is 0 Å². The zero-order valence-corrected chi connectivity index (χ0v) is 23.9. The van der Waals surface area contributed by atoms with Gasteiger partial charge >= 0.3 is 0 Å². The number of benzene rings is 2. The first-order valence-electron chi connectivity index (χ1n) is 14.3. The Morgan fingerprint density at radius 1 is 1.07 bits per heavy atom. The van der Waals surface area contributed by atoms with Crippen LogP contribution in [0.2, 0.25) is 0 Å². The number of nitrogens with one attached hydrogen (secondary N) is 2. The number of nitrogens with zero attached hydrogens (tertiary/aromatic N) is 3. The standard InChI is InChI=1S/C30H39N5O4S/c1-40(37,38)34-26-12-6-9-23(19-26)20-28-32-30(39-33-28)25-13-16-35(17-14-25)18-15-27(24-10-3-2-4-11-24)31-29(36)21-22-7-5-8-22/h2-4,6,9-12,19,22,25,27,34H,5,7-8,13-18,20-21H2,1H3,(H,31,36)/t27-/m0/s1. The second-order valence-corrected chi connectivity index (χ2v) is 13.0. The highest BCUT2D eigenvalue weighted by Gasteiger charge is 2.27. The fourth-order valence-electron chi connectivity index (χ4n) is 5.58. The first kappa shape index (κ1) is 28.3. The number of carbonyl (C=O) groups is 1. The quantitative estimate of drug-likeness (QED) is 0.328. The van der Waals surface area contributed by atoms with Gasteiger partial charge in [-0.1, -0.05) is 54.0 Å². The average Bonchev–Trinajstić information content (AvgIpc) is 3.37. The highest BCUT2D eigenvalue weighted by molar-refractivity contribution is 7.92. The third kappa shape index (κ3) is 8.14. The van der Waals surface area contributed by atoms with Gasteiger partial charge in [0.05, 0.1) is 12.3 Å². The van der Waals surface area contributed by atoms with E-state index < -0.39 is 10.0 Å². The number of rotatable bonds is 12. The largest absolute Gasteiger partial charge is 0.349 e. The minimum atomic E-state index is -3.34. The monoisotopic (exact) mass is 565 g/mol. The predicted octanol–water partition coefficient (Wildman–Crippen LogP) is 4.65. The van der Waals surface area contributed by atoms with Crippen molar-refractivity contribution in [2.75, 3.05) is 30.6 Å². The Morgan fingerprint density at radius 2 is 1.85 bits per heavy atom. The molecular weight excluding hydrogens is 526 g/mol. The maximum absolute atomic E-state index is 12.7. The van der Waals surface area contributed by atoms with Gasteiger partial charge in [0.1, 0.15) is 0 Å². The second kappa shape index (κ2) is 13.0. The summed E-state index contributed by atoms with van der Waals surface area (Å²) in [5.41, 5.74) is 2.59. The minimum Gasteiger partial charge on any atom is -0.349 e. The molecule has 1 amide bonds. The number of piperidine rings is 1. The Bertz CT molecular complexity index is 1370. The molecule has 1 aliphatic carbocycles. The number of anilines is 1. The van der Waals surface area contributed by atoms with Crippen molar-refractivity contribution < 1.29 is 17.7 Å². The molecule has 1 aromatic heterocycles. The van der Waals surface area contributed by atoms with E-state index in [1.807, 2.05) is 30.3 Å². The van der Waals surface area contributed by atoms with Crippen LogP contribution < -0.4 is 10.0 Å². The molecule has 10 heteroatoms. The topological polar surface area (TPSA) is 117 Å². The Labute approximate surface area is 236 Å². The summed E-state index contributed by atoms with van der Waals surface area (Å²) in [5.74, 6) is 2.22. The lowest BCUT2D eigenvalue weighted by Gasteiger charge is -2.32. The van der Waals surface area contributed by atoms with E-state index in [1.165, 1.54) is 19.3 Å². The fourth-order valence-corrected chi connectivity index (χ4v) is 6.14. The number of sulfonamides is 1. The summed E-state index contributed by atoms with van der Waals surface area (Å²) >= 11 is 0. The highest BCUT2D eigenvalue weighted by Crippen LogP contribution is 2.30. The molecule has 3 aromatic rings. The third-order valence-corrected chi connectivity index (χ3v) is 8.59. The van der Waals surface area contributed by atoms with Crippen molar-refractivity contribution in [3.8, 4) is 0 Å². The molecule has 2 N–H and O–H groups in total. The van der Waals surface area contributed by atoms with Crippen molar-refractivity contribution in [1.82, 2.24) is 20.4 Å². The van der Waals surface area contributed by atoms with E-state index in [1.54, 1.807) is 12.1 Å². The molecule has 0 spiro atoms. The Morgan fingerprint density at radius 3 is 2.55 bits per heavy atom. The Hall–Kier alpha value is -3.24. The molecular formula is C30H39N5O4S. The van der Waals surface area contributed by atoms with E-state index in [2.05, 4.69) is 37.2 Å². The van der Waals surface area contributed by atoms with Crippen LogP contribution in [0.1, 0.15) is 79.7 Å². The van der Waals surface area contributed by atoms with E-state index in [0.717, 1.165) is 56.3 Å². The van der Waals surface area contributed by atoms with E-state index in [-0.39, 0.29) is 17.9 Å². The Balaban J connectivity index is 1.11. The van der Waals surface area contributed by atoms with Gasteiger partial charge < -0.3 is 14.7 Å². The van der Waals surface area contributed by atoms with E-state index in [9.17, 15) is 13.2 Å². The third-order valence-electron chi connectivity index (χ3n) is 7.98. The van der Waals surface area contributed by atoms with Crippen molar-refractivity contribution >= 4 is 21.6 Å². The maximum Gasteiger partial charge on any atom is 0.229 e. The summed E-state index contributed by atoms with van der Waals surface area (Å²) in [5, 5.41) is 7.49. The summed E-state index contributed by atoms with van der Waals surface area (Å²) < 4.78 is 31.2. The van der Waals surface area contributed by atoms with Crippen LogP contribution in [-0.2, 0) is 21.2 Å². The van der Waals surface area contributed by atoms with Gasteiger partial charge in [-0.3, -0.25) is 9.52 Å². The first-order valence-corrected chi connectivity index (χ1v) is 16.2. The van der Waals surface area contributed by atoms with Crippen LogP contribution in [0.25, 0.3) is 0 Å². The molecule has 40 heavy (non-hydrogen) atoms. The molecule has 0 radical (unpaired) electrons. The van der Waals surface area contributed by atoms with Crippen molar-refractivity contribution in [2.24, 2.45) is 5.92 Å². The number of amides is 1. The zero-order chi connectivity index (χ0) is 28.0. The molecule has 214 valence electrons. The minimum absolute atomic E-state index is 0.0242. The summed E-state index contributed by atoms with van der Waals surface area (Å²) in [6.07, 6.45) is 8.61. The van der Waals surface area contributed by atoms with Crippen molar-refractivity contribution in [2.45, 2.75) is 63.3 Å². The van der Waals surface area contributed by atoms with Crippen molar-refractivity contribution in [1.29, 1.82) is 0 Å². The first-order chi connectivity index (χ1) is 19.3. The molecule has 2 heterocycles. The van der Waals surface area contributed by atoms with E-state index in [0.29, 0.717) is 36.2 Å². The lowest BCUT2D eigenvalue weighted by Crippen LogP contribution is -2.37. The molecule has 9 nitrogen and oxygen atoms in total. The predicted molar refractivity (Wildman–Crippen MR) is 154 cm³/mol. The number of hydrogen-bond donors (Lipinski definition) is 2. The van der Waals surface area contributed by atoms with Gasteiger partial charge in [0.2, 0.25) is 21.8 Å². The van der Waals surface area contributed by atoms with Gasteiger partial charge in [0, 0.05) is 31.0 Å². The SMILES string of the molecule is CS(=O)(=O)Nc1cccc(Cc2noc(C3CCN(CC[C@H](NC(=O)CC4CCC4)c4ccccc4)CC3)n2)c1. The van der Waals surface area contributed by atoms with Gasteiger partial charge in [-0.25, -0.2) is 8.42 Å². The second-order valence-electron chi connectivity index (χ2n) is 11.2. The van der Waals surface area contributed by atoms with Crippen LogP contribution in [0, 0.1) is 5.92 Å². The maximum atomic E-state index is 12.7. The van der Waals surface area contributed by atoms with E-state index >= 15 is 0 Å². The summed E-state index contributed by atoms with van der Waals surface area (Å²) in [4.78, 5) is 19.8. The smallest absolute Gasteiger partial charge is 0.229 e. The van der Waals surface area contributed by atoms with Crippen molar-refractivity contribution in [3.63, 3.8) is 0 Å². The number of hydrogen-bond acceptors (Lipinski definition) is 7. The molecule has 0 bridgehead atoms. The van der Waals surface area contributed by atoms with Gasteiger partial charge in [0.25, 0.3) is 0 Å². The number of likely N-dealkylation sites (tertiary alicyclic amines) is 1. The zero-order valence-electron chi connectivity index (χ0n) is 23.1.